The van der Waals surface area contributed by atoms with Crippen molar-refractivity contribution in [3.8, 4) is 0 Å². The summed E-state index contributed by atoms with van der Waals surface area (Å²) in [6.45, 7) is 0.668. The van der Waals surface area contributed by atoms with Crippen LogP contribution in [0.5, 0.6) is 0 Å². The molecule has 0 radical (unpaired) electrons. The van der Waals surface area contributed by atoms with E-state index in [0.717, 1.165) is 0 Å². The molecule has 0 aliphatic carbocycles. The zero-order chi connectivity index (χ0) is 15.2. The molecule has 0 spiro atoms. The minimum absolute atomic E-state index is 0.00670. The summed E-state index contributed by atoms with van der Waals surface area (Å²) in [6, 6.07) is 13.4. The first kappa shape index (κ1) is 14.9. The highest BCUT2D eigenvalue weighted by atomic mass is 16.6. The average molecular weight is 286 g/mol. The standard InChI is InChI=1S/C15H18N4O2/c1-18(2)14(12-6-4-3-5-7-12)11-17-15-9-8-13(10-16-15)19(20)21/h3-10,14H,11H2,1-2H3,(H,16,17). The van der Waals surface area contributed by atoms with Crippen LogP contribution in [0.1, 0.15) is 11.6 Å². The molecule has 6 heteroatoms. The number of rotatable bonds is 6. The second kappa shape index (κ2) is 6.81. The normalized spacial score (nSPS) is 12.1. The van der Waals surface area contributed by atoms with Crippen LogP contribution in [0.4, 0.5) is 11.5 Å². The molecule has 0 saturated heterocycles. The molecule has 6 nitrogen and oxygen atoms in total. The predicted octanol–water partition coefficient (Wildman–Crippen LogP) is 2.70. The SMILES string of the molecule is CN(C)C(CNc1ccc([N+](=O)[O-])cn1)c1ccccc1. The van der Waals surface area contributed by atoms with Gasteiger partial charge in [-0.3, -0.25) is 10.1 Å². The Morgan fingerprint density at radius 1 is 1.24 bits per heavy atom. The van der Waals surface area contributed by atoms with Crippen molar-refractivity contribution in [2.45, 2.75) is 6.04 Å². The Morgan fingerprint density at radius 2 is 1.95 bits per heavy atom. The monoisotopic (exact) mass is 286 g/mol. The summed E-state index contributed by atoms with van der Waals surface area (Å²) >= 11 is 0. The third-order valence-corrected chi connectivity index (χ3v) is 3.24. The van der Waals surface area contributed by atoms with Crippen LogP contribution in [0.3, 0.4) is 0 Å². The van der Waals surface area contributed by atoms with E-state index in [-0.39, 0.29) is 11.7 Å². The number of pyridine rings is 1. The van der Waals surface area contributed by atoms with Gasteiger partial charge in [0, 0.05) is 12.6 Å². The summed E-state index contributed by atoms with van der Waals surface area (Å²) in [4.78, 5) is 16.3. The van der Waals surface area contributed by atoms with E-state index in [1.807, 2.05) is 32.3 Å². The van der Waals surface area contributed by atoms with Crippen LogP contribution in [0, 0.1) is 10.1 Å². The Labute approximate surface area is 123 Å². The van der Waals surface area contributed by atoms with Crippen LogP contribution < -0.4 is 5.32 Å². The molecule has 1 unspecified atom stereocenters. The largest absolute Gasteiger partial charge is 0.368 e. The smallest absolute Gasteiger partial charge is 0.287 e. The third kappa shape index (κ3) is 4.00. The summed E-state index contributed by atoms with van der Waals surface area (Å²) < 4.78 is 0. The molecular weight excluding hydrogens is 268 g/mol. The molecule has 0 saturated carbocycles. The van der Waals surface area contributed by atoms with Gasteiger partial charge in [-0.1, -0.05) is 30.3 Å². The fraction of sp³-hybridized carbons (Fsp3) is 0.267. The van der Waals surface area contributed by atoms with Crippen molar-refractivity contribution in [1.82, 2.24) is 9.88 Å². The molecule has 21 heavy (non-hydrogen) atoms. The van der Waals surface area contributed by atoms with E-state index in [1.165, 1.54) is 17.8 Å². The molecule has 2 aromatic rings. The lowest BCUT2D eigenvalue weighted by Gasteiger charge is -2.25. The minimum atomic E-state index is -0.455. The van der Waals surface area contributed by atoms with Gasteiger partial charge in [0.2, 0.25) is 0 Å². The number of nitrogens with one attached hydrogen (secondary N) is 1. The van der Waals surface area contributed by atoms with Crippen molar-refractivity contribution in [3.63, 3.8) is 0 Å². The lowest BCUT2D eigenvalue weighted by Crippen LogP contribution is -2.27. The van der Waals surface area contributed by atoms with E-state index in [4.69, 9.17) is 0 Å². The molecule has 1 aromatic carbocycles. The van der Waals surface area contributed by atoms with Crippen LogP contribution in [-0.4, -0.2) is 35.4 Å². The van der Waals surface area contributed by atoms with Gasteiger partial charge in [-0.25, -0.2) is 4.98 Å². The Morgan fingerprint density at radius 3 is 2.48 bits per heavy atom. The molecule has 0 amide bonds. The van der Waals surface area contributed by atoms with Crippen LogP contribution in [0.15, 0.2) is 48.7 Å². The summed E-state index contributed by atoms with van der Waals surface area (Å²) in [5.41, 5.74) is 1.20. The van der Waals surface area contributed by atoms with Gasteiger partial charge in [0.25, 0.3) is 5.69 Å². The average Bonchev–Trinajstić information content (AvgIpc) is 2.48. The van der Waals surface area contributed by atoms with Gasteiger partial charge in [-0.15, -0.1) is 0 Å². The molecule has 1 heterocycles. The van der Waals surface area contributed by atoms with Gasteiger partial charge in [-0.05, 0) is 25.7 Å². The Kier molecular flexibility index (Phi) is 4.84. The van der Waals surface area contributed by atoms with E-state index >= 15 is 0 Å². The van der Waals surface area contributed by atoms with Crippen LogP contribution >= 0.6 is 0 Å². The Balaban J connectivity index is 2.04. The summed E-state index contributed by atoms with van der Waals surface area (Å²) in [5, 5.41) is 13.8. The Bertz CT molecular complexity index is 584. The first-order valence-corrected chi connectivity index (χ1v) is 6.63. The number of likely N-dealkylation sites (N-methyl/N-ethyl adjacent to an activating group) is 1. The van der Waals surface area contributed by atoms with E-state index in [9.17, 15) is 10.1 Å². The third-order valence-electron chi connectivity index (χ3n) is 3.24. The molecule has 0 fully saturated rings. The van der Waals surface area contributed by atoms with Gasteiger partial charge in [0.1, 0.15) is 12.0 Å². The van der Waals surface area contributed by atoms with Crippen LogP contribution in [-0.2, 0) is 0 Å². The van der Waals surface area contributed by atoms with Crippen molar-refractivity contribution in [2.24, 2.45) is 0 Å². The molecule has 1 N–H and O–H groups in total. The highest BCUT2D eigenvalue weighted by Crippen LogP contribution is 2.19. The fourth-order valence-electron chi connectivity index (χ4n) is 2.07. The van der Waals surface area contributed by atoms with E-state index in [2.05, 4.69) is 27.3 Å². The molecule has 1 atom stereocenters. The van der Waals surface area contributed by atoms with Gasteiger partial charge >= 0.3 is 0 Å². The number of nitrogens with zero attached hydrogens (tertiary/aromatic N) is 3. The van der Waals surface area contributed by atoms with E-state index < -0.39 is 4.92 Å². The molecule has 0 aliphatic heterocycles. The van der Waals surface area contributed by atoms with Crippen molar-refractivity contribution >= 4 is 11.5 Å². The van der Waals surface area contributed by atoms with Gasteiger partial charge in [-0.2, -0.15) is 0 Å². The van der Waals surface area contributed by atoms with Gasteiger partial charge in [0.05, 0.1) is 11.0 Å². The minimum Gasteiger partial charge on any atom is -0.368 e. The maximum Gasteiger partial charge on any atom is 0.287 e. The van der Waals surface area contributed by atoms with Gasteiger partial charge in [0.15, 0.2) is 0 Å². The number of anilines is 1. The molecule has 1 aromatic heterocycles. The zero-order valence-corrected chi connectivity index (χ0v) is 12.1. The predicted molar refractivity (Wildman–Crippen MR) is 82.3 cm³/mol. The Hall–Kier alpha value is -2.47. The topological polar surface area (TPSA) is 71.3 Å². The maximum atomic E-state index is 10.6. The van der Waals surface area contributed by atoms with Crippen molar-refractivity contribution in [1.29, 1.82) is 0 Å². The van der Waals surface area contributed by atoms with Crippen molar-refractivity contribution < 1.29 is 4.92 Å². The number of aromatic nitrogens is 1. The van der Waals surface area contributed by atoms with E-state index in [1.54, 1.807) is 6.07 Å². The summed E-state index contributed by atoms with van der Waals surface area (Å²) in [6.07, 6.45) is 1.26. The lowest BCUT2D eigenvalue weighted by molar-refractivity contribution is -0.385. The second-order valence-corrected chi connectivity index (χ2v) is 4.93. The maximum absolute atomic E-state index is 10.6. The summed E-state index contributed by atoms with van der Waals surface area (Å²) in [7, 11) is 4.03. The second-order valence-electron chi connectivity index (χ2n) is 4.93. The lowest BCUT2D eigenvalue weighted by atomic mass is 10.1. The molecule has 2 rings (SSSR count). The quantitative estimate of drug-likeness (QED) is 0.653. The zero-order valence-electron chi connectivity index (χ0n) is 12.1. The van der Waals surface area contributed by atoms with Crippen molar-refractivity contribution in [2.75, 3.05) is 26.0 Å². The van der Waals surface area contributed by atoms with Crippen LogP contribution in [0.2, 0.25) is 0 Å². The number of nitro groups is 1. The first-order valence-electron chi connectivity index (χ1n) is 6.63. The molecule has 110 valence electrons. The summed E-state index contributed by atoms with van der Waals surface area (Å²) in [5.74, 6) is 0.628. The van der Waals surface area contributed by atoms with Crippen molar-refractivity contribution in [3.05, 3.63) is 64.3 Å². The number of hydrogen-bond donors (Lipinski definition) is 1. The highest BCUT2D eigenvalue weighted by Gasteiger charge is 2.14. The highest BCUT2D eigenvalue weighted by molar-refractivity contribution is 5.40. The molecule has 0 aliphatic rings. The molecule has 0 bridgehead atoms. The van der Waals surface area contributed by atoms with Gasteiger partial charge < -0.3 is 10.2 Å². The number of hydrogen-bond acceptors (Lipinski definition) is 5. The fourth-order valence-corrected chi connectivity index (χ4v) is 2.07. The molecular formula is C15H18N4O2. The van der Waals surface area contributed by atoms with E-state index in [0.29, 0.717) is 12.4 Å². The number of benzene rings is 1. The first-order chi connectivity index (χ1) is 10.1. The van der Waals surface area contributed by atoms with Crippen LogP contribution in [0.25, 0.3) is 0 Å².